The minimum Gasteiger partial charge on any atom is -0.488 e. The molecular formula is C18H18O2. The topological polar surface area (TPSA) is 26.3 Å². The molecule has 2 aromatic carbocycles. The normalized spacial score (nSPS) is 16.1. The van der Waals surface area contributed by atoms with E-state index in [1.54, 1.807) is 0 Å². The molecule has 1 aliphatic heterocycles. The maximum atomic E-state index is 12.4. The SMILES string of the molecule is CC1(C)CCc2cc(C(=O)c3ccccc3)ccc2O1. The van der Waals surface area contributed by atoms with Crippen LogP contribution in [0.15, 0.2) is 48.5 Å². The predicted molar refractivity (Wildman–Crippen MR) is 79.3 cm³/mol. The van der Waals surface area contributed by atoms with Gasteiger partial charge < -0.3 is 4.74 Å². The van der Waals surface area contributed by atoms with Crippen LogP contribution >= 0.6 is 0 Å². The summed E-state index contributed by atoms with van der Waals surface area (Å²) < 4.78 is 5.95. The molecule has 2 nitrogen and oxygen atoms in total. The van der Waals surface area contributed by atoms with Gasteiger partial charge in [-0.3, -0.25) is 4.79 Å². The smallest absolute Gasteiger partial charge is 0.193 e. The zero-order valence-corrected chi connectivity index (χ0v) is 11.8. The molecule has 0 spiro atoms. The molecule has 0 amide bonds. The molecule has 2 heteroatoms. The molecule has 2 aromatic rings. The van der Waals surface area contributed by atoms with Gasteiger partial charge in [-0.2, -0.15) is 0 Å². The lowest BCUT2D eigenvalue weighted by Gasteiger charge is -2.32. The fourth-order valence-electron chi connectivity index (χ4n) is 2.56. The van der Waals surface area contributed by atoms with E-state index in [-0.39, 0.29) is 11.4 Å². The van der Waals surface area contributed by atoms with E-state index in [9.17, 15) is 4.79 Å². The molecule has 0 aliphatic carbocycles. The third kappa shape index (κ3) is 2.46. The Morgan fingerprint density at radius 3 is 2.55 bits per heavy atom. The highest BCUT2D eigenvalue weighted by atomic mass is 16.5. The average molecular weight is 266 g/mol. The first kappa shape index (κ1) is 12.9. The Balaban J connectivity index is 1.92. The molecule has 0 unspecified atom stereocenters. The number of benzene rings is 2. The van der Waals surface area contributed by atoms with Crippen molar-refractivity contribution in [2.24, 2.45) is 0 Å². The van der Waals surface area contributed by atoms with Crippen LogP contribution in [-0.2, 0) is 6.42 Å². The number of ether oxygens (including phenoxy) is 1. The van der Waals surface area contributed by atoms with Gasteiger partial charge >= 0.3 is 0 Å². The van der Waals surface area contributed by atoms with Crippen molar-refractivity contribution in [2.45, 2.75) is 32.3 Å². The van der Waals surface area contributed by atoms with Crippen molar-refractivity contribution in [3.8, 4) is 5.75 Å². The molecule has 1 aliphatic rings. The lowest BCUT2D eigenvalue weighted by atomic mass is 9.92. The maximum absolute atomic E-state index is 12.4. The lowest BCUT2D eigenvalue weighted by molar-refractivity contribution is 0.0846. The molecule has 0 saturated heterocycles. The Labute approximate surface area is 119 Å². The first-order valence-corrected chi connectivity index (χ1v) is 6.97. The van der Waals surface area contributed by atoms with Crippen molar-refractivity contribution < 1.29 is 9.53 Å². The minimum absolute atomic E-state index is 0.0678. The Hall–Kier alpha value is -2.09. The van der Waals surface area contributed by atoms with Gasteiger partial charge in [-0.25, -0.2) is 0 Å². The van der Waals surface area contributed by atoms with Gasteiger partial charge in [-0.1, -0.05) is 30.3 Å². The van der Waals surface area contributed by atoms with Gasteiger partial charge in [0.2, 0.25) is 0 Å². The van der Waals surface area contributed by atoms with Crippen LogP contribution in [0.2, 0.25) is 0 Å². The third-order valence-electron chi connectivity index (χ3n) is 3.74. The van der Waals surface area contributed by atoms with Crippen LogP contribution in [0, 0.1) is 0 Å². The predicted octanol–water partition coefficient (Wildman–Crippen LogP) is 4.02. The van der Waals surface area contributed by atoms with Crippen molar-refractivity contribution in [3.63, 3.8) is 0 Å². The van der Waals surface area contributed by atoms with Gasteiger partial charge in [0, 0.05) is 11.1 Å². The molecule has 0 saturated carbocycles. The van der Waals surface area contributed by atoms with Crippen LogP contribution in [0.3, 0.4) is 0 Å². The highest BCUT2D eigenvalue weighted by Gasteiger charge is 2.26. The summed E-state index contributed by atoms with van der Waals surface area (Å²) in [5, 5.41) is 0. The summed E-state index contributed by atoms with van der Waals surface area (Å²) in [5.74, 6) is 0.976. The van der Waals surface area contributed by atoms with Crippen LogP contribution in [0.4, 0.5) is 0 Å². The summed E-state index contributed by atoms with van der Waals surface area (Å²) >= 11 is 0. The molecule has 102 valence electrons. The molecule has 20 heavy (non-hydrogen) atoms. The van der Waals surface area contributed by atoms with E-state index in [1.807, 2.05) is 48.5 Å². The quantitative estimate of drug-likeness (QED) is 0.767. The minimum atomic E-state index is -0.113. The van der Waals surface area contributed by atoms with Gasteiger partial charge in [0.15, 0.2) is 5.78 Å². The zero-order chi connectivity index (χ0) is 14.2. The van der Waals surface area contributed by atoms with Crippen molar-refractivity contribution in [2.75, 3.05) is 0 Å². The van der Waals surface area contributed by atoms with Crippen molar-refractivity contribution in [1.82, 2.24) is 0 Å². The van der Waals surface area contributed by atoms with Crippen molar-refractivity contribution in [3.05, 3.63) is 65.2 Å². The highest BCUT2D eigenvalue weighted by molar-refractivity contribution is 6.09. The van der Waals surface area contributed by atoms with Crippen LogP contribution in [0.1, 0.15) is 41.8 Å². The Bertz CT molecular complexity index is 642. The number of aryl methyl sites for hydroxylation is 1. The second-order valence-corrected chi connectivity index (χ2v) is 5.88. The lowest BCUT2D eigenvalue weighted by Crippen LogP contribution is -2.32. The molecule has 0 aromatic heterocycles. The summed E-state index contributed by atoms with van der Waals surface area (Å²) in [4.78, 5) is 12.4. The van der Waals surface area contributed by atoms with E-state index in [0.717, 1.165) is 35.3 Å². The standard InChI is InChI=1S/C18H18O2/c1-18(2)11-10-14-12-15(8-9-16(14)20-18)17(19)13-6-4-3-5-7-13/h3-9,12H,10-11H2,1-2H3. The molecule has 0 radical (unpaired) electrons. The number of rotatable bonds is 2. The van der Waals surface area contributed by atoms with E-state index < -0.39 is 0 Å². The fourth-order valence-corrected chi connectivity index (χ4v) is 2.56. The summed E-state index contributed by atoms with van der Waals surface area (Å²) in [6, 6.07) is 15.1. The molecule has 0 fully saturated rings. The molecule has 3 rings (SSSR count). The van der Waals surface area contributed by atoms with Crippen LogP contribution in [0.25, 0.3) is 0 Å². The van der Waals surface area contributed by atoms with Crippen molar-refractivity contribution in [1.29, 1.82) is 0 Å². The maximum Gasteiger partial charge on any atom is 0.193 e. The third-order valence-corrected chi connectivity index (χ3v) is 3.74. The molecule has 0 bridgehead atoms. The average Bonchev–Trinajstić information content (AvgIpc) is 2.46. The van der Waals surface area contributed by atoms with E-state index in [2.05, 4.69) is 13.8 Å². The Kier molecular flexibility index (Phi) is 3.09. The summed E-state index contributed by atoms with van der Waals surface area (Å²) in [6.07, 6.45) is 1.93. The van der Waals surface area contributed by atoms with Gasteiger partial charge in [0.05, 0.1) is 0 Å². The summed E-state index contributed by atoms with van der Waals surface area (Å²) in [5.41, 5.74) is 2.48. The van der Waals surface area contributed by atoms with Gasteiger partial charge in [-0.15, -0.1) is 0 Å². The molecular weight excluding hydrogens is 248 g/mol. The van der Waals surface area contributed by atoms with E-state index >= 15 is 0 Å². The number of ketones is 1. The second-order valence-electron chi connectivity index (χ2n) is 5.88. The number of carbonyl (C=O) groups is 1. The zero-order valence-electron chi connectivity index (χ0n) is 11.8. The molecule has 1 heterocycles. The number of carbonyl (C=O) groups excluding carboxylic acids is 1. The Morgan fingerprint density at radius 1 is 1.05 bits per heavy atom. The fraction of sp³-hybridized carbons (Fsp3) is 0.278. The van der Waals surface area contributed by atoms with Crippen LogP contribution in [0.5, 0.6) is 5.75 Å². The van der Waals surface area contributed by atoms with Gasteiger partial charge in [0.1, 0.15) is 11.4 Å². The summed E-state index contributed by atoms with van der Waals surface area (Å²) in [7, 11) is 0. The number of fused-ring (bicyclic) bond motifs is 1. The van der Waals surface area contributed by atoms with Crippen molar-refractivity contribution >= 4 is 5.78 Å². The van der Waals surface area contributed by atoms with Gasteiger partial charge in [-0.05, 0) is 50.5 Å². The van der Waals surface area contributed by atoms with E-state index in [0.29, 0.717) is 0 Å². The first-order chi connectivity index (χ1) is 9.55. The van der Waals surface area contributed by atoms with Crippen LogP contribution < -0.4 is 4.74 Å². The summed E-state index contributed by atoms with van der Waals surface area (Å²) in [6.45, 7) is 4.19. The number of hydrogen-bond donors (Lipinski definition) is 0. The molecule has 0 N–H and O–H groups in total. The van der Waals surface area contributed by atoms with Gasteiger partial charge in [0.25, 0.3) is 0 Å². The van der Waals surface area contributed by atoms with Crippen LogP contribution in [-0.4, -0.2) is 11.4 Å². The Morgan fingerprint density at radius 2 is 1.80 bits per heavy atom. The molecule has 0 atom stereocenters. The number of hydrogen-bond acceptors (Lipinski definition) is 2. The second kappa shape index (κ2) is 4.78. The monoisotopic (exact) mass is 266 g/mol. The highest BCUT2D eigenvalue weighted by Crippen LogP contribution is 2.33. The largest absolute Gasteiger partial charge is 0.488 e. The van der Waals surface area contributed by atoms with E-state index in [1.165, 1.54) is 0 Å². The first-order valence-electron chi connectivity index (χ1n) is 6.97. The van der Waals surface area contributed by atoms with E-state index in [4.69, 9.17) is 4.74 Å².